The molecule has 0 saturated heterocycles. The van der Waals surface area contributed by atoms with Gasteiger partial charge in [-0.15, -0.1) is 0 Å². The lowest BCUT2D eigenvalue weighted by atomic mass is 9.93. The Bertz CT molecular complexity index is 1230. The maximum atomic E-state index is 14.8. The van der Waals surface area contributed by atoms with E-state index in [-0.39, 0.29) is 41.5 Å². The normalized spacial score (nSPS) is 23.3. The molecule has 2 heterocycles. The highest BCUT2D eigenvalue weighted by Crippen LogP contribution is 2.40. The van der Waals surface area contributed by atoms with Gasteiger partial charge in [0.05, 0.1) is 31.6 Å². The average Bonchev–Trinajstić information content (AvgIpc) is 3.45. The molecule has 0 bridgehead atoms. The van der Waals surface area contributed by atoms with Crippen molar-refractivity contribution in [3.05, 3.63) is 30.0 Å². The third-order valence-corrected chi connectivity index (χ3v) is 7.88. The summed E-state index contributed by atoms with van der Waals surface area (Å²) < 4.78 is 35.2. The third-order valence-electron chi connectivity index (χ3n) is 7.88. The molecule has 2 saturated carbocycles. The standard InChI is InChI=1S/C27H34F2N6O4/c1-34-21-14-30-26(33-23(21)35(18-5-3-4-6-18)15-27(28,29)25(34)38)32-20-12-7-16(13-22(20)39-2)24(37)31-17-8-10-19(36)11-9-17/h7,12-14,17-19,36H,3-6,8-11,15H2,1-2H3,(H,31,37)(H,30,32,33). The van der Waals surface area contributed by atoms with Gasteiger partial charge in [0, 0.05) is 24.7 Å². The van der Waals surface area contributed by atoms with Crippen molar-refractivity contribution in [1.29, 1.82) is 0 Å². The fourth-order valence-electron chi connectivity index (χ4n) is 5.65. The van der Waals surface area contributed by atoms with Crippen LogP contribution in [0.4, 0.5) is 31.9 Å². The Morgan fingerprint density at radius 2 is 1.87 bits per heavy atom. The minimum absolute atomic E-state index is 0.0119. The van der Waals surface area contributed by atoms with E-state index in [1.165, 1.54) is 20.4 Å². The van der Waals surface area contributed by atoms with Crippen LogP contribution in [0.1, 0.15) is 61.7 Å². The van der Waals surface area contributed by atoms with Crippen LogP contribution in [0.25, 0.3) is 0 Å². The molecule has 1 aromatic carbocycles. The Kier molecular flexibility index (Phi) is 7.57. The van der Waals surface area contributed by atoms with E-state index in [9.17, 15) is 23.5 Å². The molecule has 2 amide bonds. The molecular weight excluding hydrogens is 510 g/mol. The number of hydrogen-bond acceptors (Lipinski definition) is 8. The monoisotopic (exact) mass is 544 g/mol. The maximum absolute atomic E-state index is 14.8. The number of hydrogen-bond donors (Lipinski definition) is 3. The predicted octanol–water partition coefficient (Wildman–Crippen LogP) is 3.62. The Hall–Kier alpha value is -3.54. The van der Waals surface area contributed by atoms with Gasteiger partial charge in [-0.1, -0.05) is 12.8 Å². The zero-order valence-electron chi connectivity index (χ0n) is 22.1. The number of carbonyl (C=O) groups excluding carboxylic acids is 2. The number of alkyl halides is 2. The molecule has 2 aliphatic carbocycles. The van der Waals surface area contributed by atoms with Gasteiger partial charge in [0.1, 0.15) is 11.4 Å². The molecular formula is C27H34F2N6O4. The number of fused-ring (bicyclic) bond motifs is 1. The van der Waals surface area contributed by atoms with Gasteiger partial charge in [-0.3, -0.25) is 9.59 Å². The van der Waals surface area contributed by atoms with Crippen molar-refractivity contribution in [2.75, 3.05) is 35.8 Å². The second-order valence-corrected chi connectivity index (χ2v) is 10.6. The smallest absolute Gasteiger partial charge is 0.342 e. The van der Waals surface area contributed by atoms with Gasteiger partial charge in [0.15, 0.2) is 5.82 Å². The Morgan fingerprint density at radius 1 is 1.15 bits per heavy atom. The first-order valence-corrected chi connectivity index (χ1v) is 13.4. The van der Waals surface area contributed by atoms with Gasteiger partial charge in [-0.05, 0) is 56.7 Å². The van der Waals surface area contributed by atoms with E-state index in [0.29, 0.717) is 29.8 Å². The second kappa shape index (κ2) is 10.9. The summed E-state index contributed by atoms with van der Waals surface area (Å²) in [6.45, 7) is -0.739. The topological polar surface area (TPSA) is 120 Å². The number of carbonyl (C=O) groups is 2. The number of nitrogens with one attached hydrogen (secondary N) is 2. The Balaban J connectivity index is 1.39. The number of ether oxygens (including phenoxy) is 1. The van der Waals surface area contributed by atoms with Gasteiger partial charge in [0.25, 0.3) is 11.8 Å². The molecule has 12 heteroatoms. The SMILES string of the molecule is COc1cc(C(=O)NC2CCC(O)CC2)ccc1Nc1ncc2c(n1)N(C1CCCC1)CC(F)(F)C(=O)N2C. The molecule has 0 unspecified atom stereocenters. The first-order valence-electron chi connectivity index (χ1n) is 13.4. The molecule has 39 heavy (non-hydrogen) atoms. The molecule has 10 nitrogen and oxygen atoms in total. The van der Waals surface area contributed by atoms with Crippen LogP contribution in [0.2, 0.25) is 0 Å². The summed E-state index contributed by atoms with van der Waals surface area (Å²) in [6.07, 6.45) is 7.22. The number of anilines is 4. The number of aliphatic hydroxyl groups is 1. The average molecular weight is 545 g/mol. The first-order chi connectivity index (χ1) is 18.7. The second-order valence-electron chi connectivity index (χ2n) is 10.6. The van der Waals surface area contributed by atoms with E-state index in [4.69, 9.17) is 4.74 Å². The molecule has 5 rings (SSSR count). The molecule has 2 fully saturated rings. The fourth-order valence-corrected chi connectivity index (χ4v) is 5.65. The van der Waals surface area contributed by atoms with E-state index < -0.39 is 18.4 Å². The summed E-state index contributed by atoms with van der Waals surface area (Å²) in [6, 6.07) is 4.80. The van der Waals surface area contributed by atoms with E-state index in [2.05, 4.69) is 20.6 Å². The van der Waals surface area contributed by atoms with Crippen LogP contribution in [0, 0.1) is 0 Å². The quantitative estimate of drug-likeness (QED) is 0.505. The summed E-state index contributed by atoms with van der Waals surface area (Å²) in [7, 11) is 2.79. The molecule has 0 spiro atoms. The summed E-state index contributed by atoms with van der Waals surface area (Å²) in [5.41, 5.74) is 1.13. The Morgan fingerprint density at radius 3 is 2.56 bits per heavy atom. The number of aliphatic hydroxyl groups excluding tert-OH is 1. The number of methoxy groups -OCH3 is 1. The van der Waals surface area contributed by atoms with E-state index in [1.807, 2.05) is 0 Å². The molecule has 3 N–H and O–H groups in total. The molecule has 0 atom stereocenters. The minimum Gasteiger partial charge on any atom is -0.495 e. The number of nitrogens with zero attached hydrogens (tertiary/aromatic N) is 4. The third kappa shape index (κ3) is 5.61. The lowest BCUT2D eigenvalue weighted by molar-refractivity contribution is -0.140. The summed E-state index contributed by atoms with van der Waals surface area (Å²) in [5.74, 6) is -4.26. The van der Waals surface area contributed by atoms with Crippen LogP contribution in [0.3, 0.4) is 0 Å². The fraction of sp³-hybridized carbons (Fsp3) is 0.556. The summed E-state index contributed by atoms with van der Waals surface area (Å²) in [4.78, 5) is 36.7. The van der Waals surface area contributed by atoms with Crippen molar-refractivity contribution in [2.24, 2.45) is 0 Å². The van der Waals surface area contributed by atoms with E-state index >= 15 is 0 Å². The van der Waals surface area contributed by atoms with Crippen LogP contribution in [-0.2, 0) is 4.79 Å². The minimum atomic E-state index is -3.55. The van der Waals surface area contributed by atoms with Gasteiger partial charge >= 0.3 is 5.92 Å². The molecule has 2 aromatic rings. The molecule has 1 aromatic heterocycles. The predicted molar refractivity (Wildman–Crippen MR) is 142 cm³/mol. The van der Waals surface area contributed by atoms with Crippen LogP contribution < -0.4 is 25.2 Å². The Labute approximate surface area is 225 Å². The number of aromatic nitrogens is 2. The van der Waals surface area contributed by atoms with E-state index in [0.717, 1.165) is 43.4 Å². The van der Waals surface area contributed by atoms with Crippen molar-refractivity contribution in [3.8, 4) is 5.75 Å². The highest BCUT2D eigenvalue weighted by Gasteiger charge is 2.48. The van der Waals surface area contributed by atoms with Gasteiger partial charge in [-0.25, -0.2) is 4.98 Å². The van der Waals surface area contributed by atoms with Crippen LogP contribution >= 0.6 is 0 Å². The van der Waals surface area contributed by atoms with Crippen LogP contribution in [0.5, 0.6) is 5.75 Å². The zero-order valence-corrected chi connectivity index (χ0v) is 22.1. The van der Waals surface area contributed by atoms with Crippen molar-refractivity contribution in [1.82, 2.24) is 15.3 Å². The van der Waals surface area contributed by atoms with Gasteiger partial charge in [0.2, 0.25) is 5.95 Å². The van der Waals surface area contributed by atoms with Crippen molar-refractivity contribution < 1.29 is 28.2 Å². The first kappa shape index (κ1) is 27.0. The summed E-state index contributed by atoms with van der Waals surface area (Å²) >= 11 is 0. The zero-order chi connectivity index (χ0) is 27.7. The molecule has 3 aliphatic rings. The number of benzene rings is 1. The lowest BCUT2D eigenvalue weighted by Crippen LogP contribution is -2.48. The lowest BCUT2D eigenvalue weighted by Gasteiger charge is -2.31. The van der Waals surface area contributed by atoms with Crippen molar-refractivity contribution in [3.63, 3.8) is 0 Å². The highest BCUT2D eigenvalue weighted by molar-refractivity contribution is 6.02. The van der Waals surface area contributed by atoms with E-state index in [1.54, 1.807) is 23.1 Å². The van der Waals surface area contributed by atoms with Gasteiger partial charge in [-0.2, -0.15) is 13.8 Å². The number of halogens is 2. The largest absolute Gasteiger partial charge is 0.495 e. The highest BCUT2D eigenvalue weighted by atomic mass is 19.3. The molecule has 210 valence electrons. The van der Waals surface area contributed by atoms with Crippen LogP contribution in [-0.4, -0.2) is 71.7 Å². The number of rotatable bonds is 6. The van der Waals surface area contributed by atoms with Gasteiger partial charge < -0.3 is 30.3 Å². The van der Waals surface area contributed by atoms with Crippen molar-refractivity contribution >= 4 is 35.0 Å². The number of amides is 2. The molecule has 0 radical (unpaired) electrons. The summed E-state index contributed by atoms with van der Waals surface area (Å²) in [5, 5.41) is 15.8. The molecule has 1 aliphatic heterocycles. The maximum Gasteiger partial charge on any atom is 0.342 e. The van der Waals surface area contributed by atoms with Crippen LogP contribution in [0.15, 0.2) is 24.4 Å². The van der Waals surface area contributed by atoms with Crippen molar-refractivity contribution in [2.45, 2.75) is 75.5 Å².